The van der Waals surface area contributed by atoms with Crippen LogP contribution in [0.5, 0.6) is 5.75 Å². The Bertz CT molecular complexity index is 1060. The van der Waals surface area contributed by atoms with Crippen LogP contribution in [-0.4, -0.2) is 68.8 Å². The molecule has 156 valence electrons. The van der Waals surface area contributed by atoms with Crippen molar-refractivity contribution in [3.05, 3.63) is 41.2 Å². The van der Waals surface area contributed by atoms with Crippen LogP contribution < -0.4 is 16.1 Å². The lowest BCUT2D eigenvalue weighted by molar-refractivity contribution is -0.921. The summed E-state index contributed by atoms with van der Waals surface area (Å²) in [6.45, 7) is 3.22. The number of aromatic nitrogens is 5. The van der Waals surface area contributed by atoms with Crippen molar-refractivity contribution in [2.24, 2.45) is 5.10 Å². The van der Waals surface area contributed by atoms with Crippen LogP contribution in [0.25, 0.3) is 5.82 Å². The molecular formula is C17H20N9O4+. The Morgan fingerprint density at radius 3 is 2.87 bits per heavy atom. The molecular weight excluding hydrogens is 394 g/mol. The van der Waals surface area contributed by atoms with E-state index in [2.05, 4.69) is 35.8 Å². The summed E-state index contributed by atoms with van der Waals surface area (Å²) < 4.78 is 11.4. The Morgan fingerprint density at radius 2 is 2.13 bits per heavy atom. The van der Waals surface area contributed by atoms with E-state index in [1.807, 2.05) is 0 Å². The van der Waals surface area contributed by atoms with E-state index in [-0.39, 0.29) is 23.1 Å². The maximum Gasteiger partial charge on any atom is 0.294 e. The molecule has 3 heterocycles. The van der Waals surface area contributed by atoms with Crippen molar-refractivity contribution < 1.29 is 24.2 Å². The van der Waals surface area contributed by atoms with Crippen LogP contribution in [0.3, 0.4) is 0 Å². The van der Waals surface area contributed by atoms with Gasteiger partial charge < -0.3 is 20.5 Å². The number of benzene rings is 1. The zero-order chi connectivity index (χ0) is 20.9. The highest BCUT2D eigenvalue weighted by atomic mass is 16.6. The molecule has 30 heavy (non-hydrogen) atoms. The number of nitrogens with one attached hydrogen (secondary N) is 2. The molecule has 0 unspecified atom stereocenters. The van der Waals surface area contributed by atoms with Crippen molar-refractivity contribution in [2.45, 2.75) is 6.54 Å². The SMILES string of the molecule is Nc1nonc1-n1nnc(C(=O)N/N=C/c2ccccc2O)c1C[NH+]1CCOCC1. The van der Waals surface area contributed by atoms with Crippen molar-refractivity contribution in [1.29, 1.82) is 0 Å². The number of aromatic hydroxyl groups is 1. The van der Waals surface area contributed by atoms with Crippen LogP contribution in [0.15, 0.2) is 34.0 Å². The standard InChI is InChI=1S/C17H19N9O4/c18-15-16(23-30-22-15)26-12(10-25-5-7-29-8-6-25)14(20-24-26)17(28)21-19-9-11-3-1-2-4-13(11)27/h1-4,9,27H,5-8,10H2,(H2,18,22)(H,21,28)/p+1/b19-9+. The lowest BCUT2D eigenvalue weighted by Crippen LogP contribution is -3.12. The van der Waals surface area contributed by atoms with Crippen LogP contribution in [0.4, 0.5) is 5.82 Å². The summed E-state index contributed by atoms with van der Waals surface area (Å²) in [6.07, 6.45) is 1.34. The Labute approximate surface area is 170 Å². The van der Waals surface area contributed by atoms with E-state index in [9.17, 15) is 9.90 Å². The number of morpholine rings is 1. The number of rotatable bonds is 6. The number of carbonyl (C=O) groups excluding carboxylic acids is 1. The quantitative estimate of drug-likeness (QED) is 0.266. The second-order valence-corrected chi connectivity index (χ2v) is 6.57. The molecule has 0 aliphatic carbocycles. The minimum atomic E-state index is -0.564. The number of quaternary nitrogens is 1. The van der Waals surface area contributed by atoms with Crippen molar-refractivity contribution in [1.82, 2.24) is 30.7 Å². The Kier molecular flexibility index (Phi) is 5.63. The van der Waals surface area contributed by atoms with Crippen LogP contribution in [0.2, 0.25) is 0 Å². The molecule has 0 radical (unpaired) electrons. The molecule has 1 amide bonds. The van der Waals surface area contributed by atoms with Gasteiger partial charge in [-0.2, -0.15) is 9.78 Å². The van der Waals surface area contributed by atoms with Gasteiger partial charge in [-0.25, -0.2) is 10.1 Å². The summed E-state index contributed by atoms with van der Waals surface area (Å²) in [6, 6.07) is 6.62. The molecule has 1 aliphatic heterocycles. The topological polar surface area (TPSA) is 171 Å². The molecule has 1 fully saturated rings. The van der Waals surface area contributed by atoms with Gasteiger partial charge in [-0.1, -0.05) is 17.3 Å². The number of amides is 1. The third kappa shape index (κ3) is 4.11. The van der Waals surface area contributed by atoms with E-state index >= 15 is 0 Å². The molecule has 13 heteroatoms. The largest absolute Gasteiger partial charge is 0.507 e. The monoisotopic (exact) mass is 414 g/mol. The maximum atomic E-state index is 12.7. The highest BCUT2D eigenvalue weighted by Crippen LogP contribution is 2.15. The van der Waals surface area contributed by atoms with Gasteiger partial charge in [0, 0.05) is 5.56 Å². The Hall–Kier alpha value is -3.84. The number of nitrogen functional groups attached to an aromatic ring is 1. The fraction of sp³-hybridized carbons (Fsp3) is 0.294. The number of phenols is 1. The maximum absolute atomic E-state index is 12.7. The first kappa shape index (κ1) is 19.5. The smallest absolute Gasteiger partial charge is 0.294 e. The normalized spacial score (nSPS) is 14.9. The van der Waals surface area contributed by atoms with Gasteiger partial charge in [-0.05, 0) is 22.4 Å². The molecule has 4 rings (SSSR count). The highest BCUT2D eigenvalue weighted by Gasteiger charge is 2.28. The van der Waals surface area contributed by atoms with E-state index < -0.39 is 5.91 Å². The molecule has 0 atom stereocenters. The van der Waals surface area contributed by atoms with E-state index in [1.54, 1.807) is 18.2 Å². The molecule has 2 aromatic heterocycles. The number of para-hydroxylation sites is 1. The zero-order valence-corrected chi connectivity index (χ0v) is 15.9. The highest BCUT2D eigenvalue weighted by molar-refractivity contribution is 5.94. The van der Waals surface area contributed by atoms with Crippen LogP contribution in [-0.2, 0) is 11.3 Å². The van der Waals surface area contributed by atoms with Crippen molar-refractivity contribution in [2.75, 3.05) is 32.0 Å². The van der Waals surface area contributed by atoms with Gasteiger partial charge in [-0.3, -0.25) is 4.79 Å². The van der Waals surface area contributed by atoms with Crippen molar-refractivity contribution in [3.8, 4) is 11.6 Å². The molecule has 1 saturated heterocycles. The minimum Gasteiger partial charge on any atom is -0.507 e. The number of phenolic OH excluding ortho intramolecular Hbond substituents is 1. The third-order valence-corrected chi connectivity index (χ3v) is 4.60. The summed E-state index contributed by atoms with van der Waals surface area (Å²) >= 11 is 0. The number of anilines is 1. The van der Waals surface area contributed by atoms with E-state index in [0.717, 1.165) is 13.1 Å². The summed E-state index contributed by atoms with van der Waals surface area (Å²) in [5.74, 6) is -0.331. The number of hydrogen-bond donors (Lipinski definition) is 4. The number of hydrogen-bond acceptors (Lipinski definition) is 10. The summed E-state index contributed by atoms with van der Waals surface area (Å²) in [7, 11) is 0. The number of nitrogens with zero attached hydrogens (tertiary/aromatic N) is 6. The second-order valence-electron chi connectivity index (χ2n) is 6.57. The van der Waals surface area contributed by atoms with Gasteiger partial charge in [0.1, 0.15) is 31.1 Å². The number of carbonyl (C=O) groups is 1. The Balaban J connectivity index is 1.58. The fourth-order valence-electron chi connectivity index (χ4n) is 3.03. The molecule has 3 aromatic rings. The summed E-state index contributed by atoms with van der Waals surface area (Å²) in [5, 5.41) is 29.0. The lowest BCUT2D eigenvalue weighted by Gasteiger charge is -2.23. The van der Waals surface area contributed by atoms with Gasteiger partial charge >= 0.3 is 0 Å². The van der Waals surface area contributed by atoms with Crippen molar-refractivity contribution >= 4 is 17.9 Å². The van der Waals surface area contributed by atoms with E-state index in [0.29, 0.717) is 31.0 Å². The van der Waals surface area contributed by atoms with E-state index in [1.165, 1.54) is 21.9 Å². The molecule has 0 spiro atoms. The van der Waals surface area contributed by atoms with E-state index in [4.69, 9.17) is 10.5 Å². The molecule has 13 nitrogen and oxygen atoms in total. The number of ether oxygens (including phenoxy) is 1. The molecule has 1 aromatic carbocycles. The lowest BCUT2D eigenvalue weighted by atomic mass is 10.2. The average Bonchev–Trinajstić information content (AvgIpc) is 3.36. The number of nitrogens with two attached hydrogens (primary N) is 1. The summed E-state index contributed by atoms with van der Waals surface area (Å²) in [5.41, 5.74) is 9.22. The van der Waals surface area contributed by atoms with Crippen molar-refractivity contribution in [3.63, 3.8) is 0 Å². The first-order chi connectivity index (χ1) is 14.6. The predicted octanol–water partition coefficient (Wildman–Crippen LogP) is -1.88. The molecule has 0 saturated carbocycles. The average molecular weight is 414 g/mol. The number of hydrazone groups is 1. The van der Waals surface area contributed by atoms with Crippen LogP contribution in [0.1, 0.15) is 21.7 Å². The first-order valence-electron chi connectivity index (χ1n) is 9.19. The minimum absolute atomic E-state index is 0.0302. The molecule has 0 bridgehead atoms. The van der Waals surface area contributed by atoms with Gasteiger partial charge in [0.15, 0.2) is 5.69 Å². The van der Waals surface area contributed by atoms with Crippen LogP contribution >= 0.6 is 0 Å². The van der Waals surface area contributed by atoms with Gasteiger partial charge in [0.25, 0.3) is 5.91 Å². The second kappa shape index (κ2) is 8.67. The van der Waals surface area contributed by atoms with Gasteiger partial charge in [0.2, 0.25) is 11.6 Å². The predicted molar refractivity (Wildman–Crippen MR) is 102 cm³/mol. The van der Waals surface area contributed by atoms with Gasteiger partial charge in [-0.15, -0.1) is 5.10 Å². The summed E-state index contributed by atoms with van der Waals surface area (Å²) in [4.78, 5) is 13.9. The Morgan fingerprint density at radius 1 is 1.33 bits per heavy atom. The van der Waals surface area contributed by atoms with Crippen LogP contribution in [0, 0.1) is 0 Å². The fourth-order valence-corrected chi connectivity index (χ4v) is 3.03. The van der Waals surface area contributed by atoms with Gasteiger partial charge in [0.05, 0.1) is 19.4 Å². The third-order valence-electron chi connectivity index (χ3n) is 4.60. The molecule has 1 aliphatic rings. The first-order valence-corrected chi connectivity index (χ1v) is 9.19. The zero-order valence-electron chi connectivity index (χ0n) is 15.9. The molecule has 5 N–H and O–H groups in total.